The van der Waals surface area contributed by atoms with E-state index in [1.807, 2.05) is 14.1 Å². The van der Waals surface area contributed by atoms with Gasteiger partial charge in [-0.3, -0.25) is 4.99 Å². The zero-order valence-corrected chi connectivity index (χ0v) is 16.8. The Bertz CT molecular complexity index is 1130. The summed E-state index contributed by atoms with van der Waals surface area (Å²) in [6.07, 6.45) is 4.44. The molecule has 0 saturated carbocycles. The monoisotopic (exact) mass is 412 g/mol. The smallest absolute Gasteiger partial charge is 0.337 e. The number of aromatic hydroxyl groups is 3. The Kier molecular flexibility index (Phi) is 6.31. The number of carboxylic acids is 1. The van der Waals surface area contributed by atoms with E-state index >= 15 is 0 Å². The van der Waals surface area contributed by atoms with Crippen LogP contribution in [0.1, 0.15) is 35.2 Å². The van der Waals surface area contributed by atoms with Gasteiger partial charge in [0.2, 0.25) is 0 Å². The van der Waals surface area contributed by atoms with Crippen molar-refractivity contribution in [3.63, 3.8) is 0 Å². The zero-order valence-electron chi connectivity index (χ0n) is 16.8. The second-order valence-electron chi connectivity index (χ2n) is 7.28. The lowest BCUT2D eigenvalue weighted by molar-refractivity contribution is 0.0699. The predicted octanol–water partition coefficient (Wildman–Crippen LogP) is 2.75. The quantitative estimate of drug-likeness (QED) is 0.252. The second kappa shape index (κ2) is 8.91. The van der Waals surface area contributed by atoms with Crippen LogP contribution >= 0.6 is 0 Å². The number of nitrogens with zero attached hydrogens (tertiary/aromatic N) is 4. The predicted molar refractivity (Wildman–Crippen MR) is 114 cm³/mol. The van der Waals surface area contributed by atoms with Gasteiger partial charge >= 0.3 is 5.97 Å². The van der Waals surface area contributed by atoms with Crippen molar-refractivity contribution in [3.8, 4) is 17.2 Å². The lowest BCUT2D eigenvalue weighted by atomic mass is 10.1. The molecule has 3 rings (SSSR count). The number of benzene rings is 2. The third-order valence-corrected chi connectivity index (χ3v) is 4.69. The van der Waals surface area contributed by atoms with Crippen molar-refractivity contribution in [1.29, 1.82) is 0 Å². The number of phenolic OH excluding ortho intramolecular Hbond substituents is 3. The van der Waals surface area contributed by atoms with E-state index in [-0.39, 0.29) is 50.4 Å². The molecule has 0 atom stereocenters. The van der Waals surface area contributed by atoms with Crippen molar-refractivity contribution in [1.82, 2.24) is 14.9 Å². The summed E-state index contributed by atoms with van der Waals surface area (Å²) in [5.74, 6) is -2.07. The van der Waals surface area contributed by atoms with Crippen molar-refractivity contribution in [2.45, 2.75) is 19.3 Å². The molecule has 0 radical (unpaired) electrons. The van der Waals surface area contributed by atoms with E-state index in [9.17, 15) is 25.2 Å². The number of rotatable bonds is 8. The van der Waals surface area contributed by atoms with E-state index < -0.39 is 5.97 Å². The Morgan fingerprint density at radius 3 is 2.37 bits per heavy atom. The summed E-state index contributed by atoms with van der Waals surface area (Å²) in [6.45, 7) is 1.57. The van der Waals surface area contributed by atoms with Crippen LogP contribution in [0.2, 0.25) is 0 Å². The molecule has 30 heavy (non-hydrogen) atoms. The summed E-state index contributed by atoms with van der Waals surface area (Å²) in [7, 11) is 4.05. The first-order chi connectivity index (χ1) is 14.3. The molecule has 0 spiro atoms. The fraction of sp³-hybridized carbons (Fsp3) is 0.333. The van der Waals surface area contributed by atoms with Crippen molar-refractivity contribution >= 4 is 34.3 Å². The summed E-state index contributed by atoms with van der Waals surface area (Å²) in [5.41, 5.74) is 0.128. The third kappa shape index (κ3) is 4.41. The maximum atomic E-state index is 11.5. The average Bonchev–Trinajstić information content (AvgIpc) is 2.68. The van der Waals surface area contributed by atoms with Crippen molar-refractivity contribution < 1.29 is 25.2 Å². The molecule has 0 aliphatic carbocycles. The molecule has 4 N–H and O–H groups in total. The van der Waals surface area contributed by atoms with E-state index in [2.05, 4.69) is 19.9 Å². The fourth-order valence-corrected chi connectivity index (χ4v) is 3.15. The zero-order chi connectivity index (χ0) is 21.8. The molecule has 0 fully saturated rings. The van der Waals surface area contributed by atoms with Crippen molar-refractivity contribution in [2.24, 2.45) is 4.99 Å². The van der Waals surface area contributed by atoms with E-state index in [1.165, 1.54) is 18.3 Å². The normalized spacial score (nSPS) is 11.8. The Balaban J connectivity index is 1.99. The third-order valence-electron chi connectivity index (χ3n) is 4.69. The van der Waals surface area contributed by atoms with Gasteiger partial charge < -0.3 is 25.3 Å². The summed E-state index contributed by atoms with van der Waals surface area (Å²) in [6, 6.07) is 3.55. The molecule has 158 valence electrons. The number of unbranched alkanes of at least 4 members (excludes halogenated alkanes) is 2. The molecule has 9 heteroatoms. The van der Waals surface area contributed by atoms with Gasteiger partial charge in [0.25, 0.3) is 0 Å². The van der Waals surface area contributed by atoms with Crippen molar-refractivity contribution in [2.75, 3.05) is 27.2 Å². The molecule has 0 aliphatic heterocycles. The molecule has 0 saturated heterocycles. The Hall–Kier alpha value is -3.46. The molecule has 0 aliphatic rings. The Labute approximate surface area is 173 Å². The summed E-state index contributed by atoms with van der Waals surface area (Å²) in [4.78, 5) is 26.5. The van der Waals surface area contributed by atoms with E-state index in [4.69, 9.17) is 0 Å². The Morgan fingerprint density at radius 2 is 1.67 bits per heavy atom. The number of fused-ring (bicyclic) bond motifs is 2. The van der Waals surface area contributed by atoms with Crippen LogP contribution in [0.5, 0.6) is 17.2 Å². The van der Waals surface area contributed by atoms with Gasteiger partial charge in [0.15, 0.2) is 0 Å². The minimum atomic E-state index is -1.23. The first-order valence-electron chi connectivity index (χ1n) is 9.55. The first kappa shape index (κ1) is 21.3. The van der Waals surface area contributed by atoms with Crippen LogP contribution in [0.15, 0.2) is 23.2 Å². The first-order valence-corrected chi connectivity index (χ1v) is 9.55. The molecular weight excluding hydrogens is 388 g/mol. The van der Waals surface area contributed by atoms with E-state index in [1.54, 1.807) is 0 Å². The number of aliphatic imine (C=N–C) groups is 1. The summed E-state index contributed by atoms with van der Waals surface area (Å²) in [5, 5.41) is 40.0. The average molecular weight is 412 g/mol. The highest BCUT2D eigenvalue weighted by Crippen LogP contribution is 2.35. The van der Waals surface area contributed by atoms with Gasteiger partial charge in [0.05, 0.1) is 11.1 Å². The van der Waals surface area contributed by atoms with Crippen LogP contribution in [0.3, 0.4) is 0 Å². The van der Waals surface area contributed by atoms with Crippen molar-refractivity contribution in [3.05, 3.63) is 29.3 Å². The Morgan fingerprint density at radius 1 is 0.967 bits per heavy atom. The molecule has 3 aromatic rings. The van der Waals surface area contributed by atoms with Crippen LogP contribution in [0.4, 0.5) is 0 Å². The number of hydrogen-bond donors (Lipinski definition) is 4. The van der Waals surface area contributed by atoms with Crippen LogP contribution < -0.4 is 0 Å². The lowest BCUT2D eigenvalue weighted by Gasteiger charge is -2.10. The van der Waals surface area contributed by atoms with Crippen LogP contribution in [0.25, 0.3) is 22.1 Å². The van der Waals surface area contributed by atoms with E-state index in [0.29, 0.717) is 6.54 Å². The van der Waals surface area contributed by atoms with Gasteiger partial charge in [0, 0.05) is 18.8 Å². The summed E-state index contributed by atoms with van der Waals surface area (Å²) < 4.78 is 0. The highest BCUT2D eigenvalue weighted by molar-refractivity contribution is 6.08. The van der Waals surface area contributed by atoms with Gasteiger partial charge in [-0.25, -0.2) is 14.8 Å². The highest BCUT2D eigenvalue weighted by atomic mass is 16.4. The summed E-state index contributed by atoms with van der Waals surface area (Å²) >= 11 is 0. The standard InChI is InChI=1S/C21H24N4O5/c1-25(2)9-5-3-4-8-22-11-13-15(27)10-16(28)20-18(13)24-19-14(26)7-6-12(21(29)30)17(19)23-20/h6-7,10-11,26-28H,3-5,8-9H2,1-2H3,(H,29,30). The minimum Gasteiger partial charge on any atom is -0.507 e. The van der Waals surface area contributed by atoms with Gasteiger partial charge in [-0.1, -0.05) is 6.42 Å². The topological polar surface area (TPSA) is 139 Å². The molecule has 0 amide bonds. The fourth-order valence-electron chi connectivity index (χ4n) is 3.15. The maximum Gasteiger partial charge on any atom is 0.337 e. The lowest BCUT2D eigenvalue weighted by Crippen LogP contribution is -2.12. The maximum absolute atomic E-state index is 11.5. The van der Waals surface area contributed by atoms with Crippen LogP contribution in [-0.4, -0.2) is 74.7 Å². The van der Waals surface area contributed by atoms with Gasteiger partial charge in [-0.05, 0) is 45.6 Å². The number of aromatic carboxylic acids is 1. The number of carboxylic acid groups (broad SMARTS) is 1. The van der Waals surface area contributed by atoms with E-state index in [0.717, 1.165) is 31.9 Å². The minimum absolute atomic E-state index is 0.0147. The molecule has 2 aromatic carbocycles. The highest BCUT2D eigenvalue weighted by Gasteiger charge is 2.19. The molecule has 0 unspecified atom stereocenters. The molecule has 1 heterocycles. The van der Waals surface area contributed by atoms with Gasteiger partial charge in [-0.2, -0.15) is 0 Å². The number of hydrogen-bond acceptors (Lipinski definition) is 8. The molecule has 1 aromatic heterocycles. The SMILES string of the molecule is CN(C)CCCCCN=Cc1c(O)cc(O)c2nc3c(C(=O)O)ccc(O)c3nc12. The number of carbonyl (C=O) groups is 1. The molecule has 0 bridgehead atoms. The van der Waals surface area contributed by atoms with Crippen LogP contribution in [0, 0.1) is 0 Å². The number of aromatic nitrogens is 2. The molecule has 9 nitrogen and oxygen atoms in total. The van der Waals surface area contributed by atoms with Gasteiger partial charge in [0.1, 0.15) is 39.3 Å². The number of phenols is 3. The van der Waals surface area contributed by atoms with Gasteiger partial charge in [-0.15, -0.1) is 0 Å². The molecular formula is C21H24N4O5. The second-order valence-corrected chi connectivity index (χ2v) is 7.28. The largest absolute Gasteiger partial charge is 0.507 e. The van der Waals surface area contributed by atoms with Crippen LogP contribution in [-0.2, 0) is 0 Å².